The van der Waals surface area contributed by atoms with Crippen molar-refractivity contribution < 1.29 is 0 Å². The molecule has 0 bridgehead atoms. The largest absolute Gasteiger partial charge is 0.309 e. The molecule has 3 aromatic rings. The predicted octanol–water partition coefficient (Wildman–Crippen LogP) is 3.56. The van der Waals surface area contributed by atoms with E-state index < -0.39 is 0 Å². The first kappa shape index (κ1) is 13.7. The van der Waals surface area contributed by atoms with E-state index in [1.807, 2.05) is 13.1 Å². The highest BCUT2D eigenvalue weighted by atomic mass is 14.9. The van der Waals surface area contributed by atoms with Crippen molar-refractivity contribution in [2.24, 2.45) is 0 Å². The number of rotatable bonds is 3. The van der Waals surface area contributed by atoms with Crippen molar-refractivity contribution in [2.45, 2.75) is 19.9 Å². The van der Waals surface area contributed by atoms with Crippen molar-refractivity contribution in [1.82, 2.24) is 15.3 Å². The Labute approximate surface area is 125 Å². The predicted molar refractivity (Wildman–Crippen MR) is 86.4 cm³/mol. The van der Waals surface area contributed by atoms with Crippen LogP contribution in [0.1, 0.15) is 28.3 Å². The van der Waals surface area contributed by atoms with Crippen molar-refractivity contribution in [3.05, 3.63) is 71.0 Å². The van der Waals surface area contributed by atoms with E-state index in [1.54, 1.807) is 12.4 Å². The molecule has 2 aromatic carbocycles. The van der Waals surface area contributed by atoms with Crippen molar-refractivity contribution >= 4 is 11.0 Å². The van der Waals surface area contributed by atoms with Gasteiger partial charge in [-0.05, 0) is 55.3 Å². The fourth-order valence-corrected chi connectivity index (χ4v) is 2.63. The van der Waals surface area contributed by atoms with E-state index in [2.05, 4.69) is 59.5 Å². The molecule has 0 amide bonds. The second-order valence-electron chi connectivity index (χ2n) is 5.37. The molecule has 0 saturated heterocycles. The number of aromatic nitrogens is 2. The van der Waals surface area contributed by atoms with Crippen molar-refractivity contribution in [3.63, 3.8) is 0 Å². The van der Waals surface area contributed by atoms with Gasteiger partial charge in [-0.2, -0.15) is 0 Å². The number of hydrogen-bond donors (Lipinski definition) is 1. The summed E-state index contributed by atoms with van der Waals surface area (Å²) in [6, 6.07) is 13.0. The van der Waals surface area contributed by atoms with Crippen LogP contribution in [0, 0.1) is 13.8 Å². The Morgan fingerprint density at radius 1 is 0.810 bits per heavy atom. The topological polar surface area (TPSA) is 37.8 Å². The number of aryl methyl sites for hydroxylation is 2. The quantitative estimate of drug-likeness (QED) is 0.795. The summed E-state index contributed by atoms with van der Waals surface area (Å²) >= 11 is 0. The maximum absolute atomic E-state index is 4.39. The summed E-state index contributed by atoms with van der Waals surface area (Å²) in [5.41, 5.74) is 6.96. The van der Waals surface area contributed by atoms with Gasteiger partial charge in [0, 0.05) is 12.4 Å². The summed E-state index contributed by atoms with van der Waals surface area (Å²) in [5.74, 6) is 0. The minimum Gasteiger partial charge on any atom is -0.309 e. The first-order chi connectivity index (χ1) is 10.2. The Balaban J connectivity index is 2.06. The molecule has 0 aliphatic carbocycles. The second kappa shape index (κ2) is 5.62. The van der Waals surface area contributed by atoms with Crippen LogP contribution < -0.4 is 5.32 Å². The van der Waals surface area contributed by atoms with Gasteiger partial charge in [0.15, 0.2) is 0 Å². The van der Waals surface area contributed by atoms with Gasteiger partial charge in [0.05, 0.1) is 17.1 Å². The van der Waals surface area contributed by atoms with Crippen LogP contribution in [-0.4, -0.2) is 17.0 Å². The monoisotopic (exact) mass is 277 g/mol. The zero-order valence-electron chi connectivity index (χ0n) is 12.6. The zero-order chi connectivity index (χ0) is 14.8. The molecule has 3 rings (SSSR count). The first-order valence-corrected chi connectivity index (χ1v) is 7.14. The lowest BCUT2D eigenvalue weighted by atomic mass is 9.95. The minimum absolute atomic E-state index is 0.163. The van der Waals surface area contributed by atoms with Crippen molar-refractivity contribution in [2.75, 3.05) is 7.05 Å². The summed E-state index contributed by atoms with van der Waals surface area (Å²) < 4.78 is 0. The molecule has 0 aliphatic rings. The summed E-state index contributed by atoms with van der Waals surface area (Å²) in [6.07, 6.45) is 3.46. The molecule has 0 aliphatic heterocycles. The number of nitrogens with zero attached hydrogens (tertiary/aromatic N) is 2. The second-order valence-corrected chi connectivity index (χ2v) is 5.37. The fraction of sp³-hybridized carbons (Fsp3) is 0.222. The molecular weight excluding hydrogens is 258 g/mol. The highest BCUT2D eigenvalue weighted by molar-refractivity contribution is 5.74. The molecule has 21 heavy (non-hydrogen) atoms. The number of benzene rings is 2. The van der Waals surface area contributed by atoms with E-state index in [-0.39, 0.29) is 6.04 Å². The molecule has 1 aromatic heterocycles. The fourth-order valence-electron chi connectivity index (χ4n) is 2.63. The zero-order valence-corrected chi connectivity index (χ0v) is 12.6. The maximum Gasteiger partial charge on any atom is 0.0890 e. The molecule has 1 heterocycles. The molecule has 0 fully saturated rings. The Hall–Kier alpha value is -2.26. The Morgan fingerprint density at radius 3 is 2.19 bits per heavy atom. The molecule has 0 radical (unpaired) electrons. The summed E-state index contributed by atoms with van der Waals surface area (Å²) in [4.78, 5) is 8.72. The summed E-state index contributed by atoms with van der Waals surface area (Å²) in [5, 5.41) is 3.40. The Bertz CT molecular complexity index is 780. The normalized spacial score (nSPS) is 12.5. The van der Waals surface area contributed by atoms with Crippen LogP contribution in [-0.2, 0) is 0 Å². The third-order valence-corrected chi connectivity index (χ3v) is 3.98. The van der Waals surface area contributed by atoms with E-state index in [0.717, 1.165) is 11.0 Å². The van der Waals surface area contributed by atoms with Crippen LogP contribution in [0.4, 0.5) is 0 Å². The molecule has 1 atom stereocenters. The van der Waals surface area contributed by atoms with Crippen molar-refractivity contribution in [1.29, 1.82) is 0 Å². The van der Waals surface area contributed by atoms with Crippen LogP contribution in [0.25, 0.3) is 11.0 Å². The standard InChI is InChI=1S/C18H19N3/c1-12-4-5-14(10-13(12)2)18(19-3)15-6-7-16-17(11-15)21-9-8-20-16/h4-11,18-19H,1-3H3. The lowest BCUT2D eigenvalue weighted by molar-refractivity contribution is 0.691. The van der Waals surface area contributed by atoms with E-state index in [1.165, 1.54) is 22.3 Å². The van der Waals surface area contributed by atoms with Gasteiger partial charge >= 0.3 is 0 Å². The number of fused-ring (bicyclic) bond motifs is 1. The summed E-state index contributed by atoms with van der Waals surface area (Å²) in [6.45, 7) is 4.29. The minimum atomic E-state index is 0.163. The van der Waals surface area contributed by atoms with Crippen LogP contribution in [0.15, 0.2) is 48.8 Å². The van der Waals surface area contributed by atoms with Crippen LogP contribution in [0.5, 0.6) is 0 Å². The van der Waals surface area contributed by atoms with Gasteiger partial charge in [0.1, 0.15) is 0 Å². The summed E-state index contributed by atoms with van der Waals surface area (Å²) in [7, 11) is 1.99. The van der Waals surface area contributed by atoms with Gasteiger partial charge in [-0.15, -0.1) is 0 Å². The average Bonchev–Trinajstić information content (AvgIpc) is 2.51. The first-order valence-electron chi connectivity index (χ1n) is 7.14. The highest BCUT2D eigenvalue weighted by Gasteiger charge is 2.13. The third kappa shape index (κ3) is 2.65. The van der Waals surface area contributed by atoms with E-state index in [0.29, 0.717) is 0 Å². The molecular formula is C18H19N3. The van der Waals surface area contributed by atoms with Gasteiger partial charge in [-0.1, -0.05) is 24.3 Å². The van der Waals surface area contributed by atoms with E-state index in [4.69, 9.17) is 0 Å². The van der Waals surface area contributed by atoms with E-state index >= 15 is 0 Å². The van der Waals surface area contributed by atoms with Crippen molar-refractivity contribution in [3.8, 4) is 0 Å². The van der Waals surface area contributed by atoms with Gasteiger partial charge in [0.25, 0.3) is 0 Å². The van der Waals surface area contributed by atoms with Crippen LogP contribution >= 0.6 is 0 Å². The number of nitrogens with one attached hydrogen (secondary N) is 1. The molecule has 0 saturated carbocycles. The molecule has 3 nitrogen and oxygen atoms in total. The van der Waals surface area contributed by atoms with Crippen LogP contribution in [0.3, 0.4) is 0 Å². The lowest BCUT2D eigenvalue weighted by Gasteiger charge is -2.18. The molecule has 3 heteroatoms. The Kier molecular flexibility index (Phi) is 3.67. The van der Waals surface area contributed by atoms with Gasteiger partial charge in [-0.25, -0.2) is 0 Å². The van der Waals surface area contributed by atoms with Gasteiger partial charge in [0.2, 0.25) is 0 Å². The van der Waals surface area contributed by atoms with Crippen LogP contribution in [0.2, 0.25) is 0 Å². The molecule has 106 valence electrons. The highest BCUT2D eigenvalue weighted by Crippen LogP contribution is 2.25. The molecule has 1 N–H and O–H groups in total. The smallest absolute Gasteiger partial charge is 0.0890 e. The average molecular weight is 277 g/mol. The lowest BCUT2D eigenvalue weighted by Crippen LogP contribution is -2.17. The van der Waals surface area contributed by atoms with E-state index in [9.17, 15) is 0 Å². The SMILES string of the molecule is CNC(c1ccc(C)c(C)c1)c1ccc2nccnc2c1. The third-order valence-electron chi connectivity index (χ3n) is 3.98. The number of hydrogen-bond acceptors (Lipinski definition) is 3. The molecule has 1 unspecified atom stereocenters. The maximum atomic E-state index is 4.39. The Morgan fingerprint density at radius 2 is 1.48 bits per heavy atom. The molecule has 0 spiro atoms. The van der Waals surface area contributed by atoms with Gasteiger partial charge in [-0.3, -0.25) is 9.97 Å². The van der Waals surface area contributed by atoms with Gasteiger partial charge < -0.3 is 5.32 Å².